The lowest BCUT2D eigenvalue weighted by Gasteiger charge is -2.03. The van der Waals surface area contributed by atoms with Crippen molar-refractivity contribution < 1.29 is 14.3 Å². The molecule has 0 aliphatic carbocycles. The van der Waals surface area contributed by atoms with Crippen LogP contribution in [-0.2, 0) is 22.7 Å². The molecule has 1 aromatic rings. The topological polar surface area (TPSA) is 35.5 Å². The van der Waals surface area contributed by atoms with Gasteiger partial charge in [0.05, 0.1) is 13.2 Å². The number of Topliss-reactive ketones (excluding diaryl/α,β-unsaturated/α-hetero) is 1. The normalized spacial score (nSPS) is 13.8. The van der Waals surface area contributed by atoms with Gasteiger partial charge in [0.25, 0.3) is 0 Å². The summed E-state index contributed by atoms with van der Waals surface area (Å²) in [5.41, 5.74) is 3.14. The number of carbonyl (C=O) groups excluding carboxylic acids is 1. The standard InChI is InChI=1S/C13H16O3/c1-15-6-2-3-13(14)10-4-5-11-8-16-9-12(11)7-10/h4-5,7H,2-3,6,8-9H2,1H3. The van der Waals surface area contributed by atoms with E-state index in [1.807, 2.05) is 18.2 Å². The molecule has 0 fully saturated rings. The van der Waals surface area contributed by atoms with Crippen molar-refractivity contribution in [1.82, 2.24) is 0 Å². The first kappa shape index (κ1) is 11.3. The molecule has 0 radical (unpaired) electrons. The molecule has 1 aliphatic rings. The van der Waals surface area contributed by atoms with E-state index < -0.39 is 0 Å². The maximum Gasteiger partial charge on any atom is 0.162 e. The molecule has 3 nitrogen and oxygen atoms in total. The summed E-state index contributed by atoms with van der Waals surface area (Å²) in [7, 11) is 1.65. The molecule has 0 atom stereocenters. The monoisotopic (exact) mass is 220 g/mol. The van der Waals surface area contributed by atoms with Gasteiger partial charge in [-0.05, 0) is 23.6 Å². The largest absolute Gasteiger partial charge is 0.385 e. The van der Waals surface area contributed by atoms with Crippen LogP contribution in [-0.4, -0.2) is 19.5 Å². The minimum atomic E-state index is 0.187. The lowest BCUT2D eigenvalue weighted by atomic mass is 10.0. The smallest absolute Gasteiger partial charge is 0.162 e. The summed E-state index contributed by atoms with van der Waals surface area (Å²) in [6.45, 7) is 1.95. The zero-order chi connectivity index (χ0) is 11.4. The predicted octanol–water partition coefficient (Wildman–Crippen LogP) is 2.33. The summed E-state index contributed by atoms with van der Waals surface area (Å²) >= 11 is 0. The van der Waals surface area contributed by atoms with Gasteiger partial charge in [0.2, 0.25) is 0 Å². The quantitative estimate of drug-likeness (QED) is 0.564. The Balaban J connectivity index is 2.01. The summed E-state index contributed by atoms with van der Waals surface area (Å²) in [4.78, 5) is 11.8. The number of carbonyl (C=O) groups is 1. The third kappa shape index (κ3) is 2.49. The number of benzene rings is 1. The molecule has 1 aliphatic heterocycles. The molecule has 1 heterocycles. The molecule has 0 saturated carbocycles. The van der Waals surface area contributed by atoms with E-state index >= 15 is 0 Å². The Kier molecular flexibility index (Phi) is 3.70. The van der Waals surface area contributed by atoms with Crippen LogP contribution >= 0.6 is 0 Å². The number of rotatable bonds is 5. The highest BCUT2D eigenvalue weighted by atomic mass is 16.5. The lowest BCUT2D eigenvalue weighted by Crippen LogP contribution is -2.02. The Morgan fingerprint density at radius 2 is 2.19 bits per heavy atom. The highest BCUT2D eigenvalue weighted by Crippen LogP contribution is 2.21. The molecule has 0 saturated heterocycles. The Bertz CT molecular complexity index is 385. The lowest BCUT2D eigenvalue weighted by molar-refractivity contribution is 0.0963. The van der Waals surface area contributed by atoms with Crippen molar-refractivity contribution in [3.05, 3.63) is 34.9 Å². The molecule has 0 unspecified atom stereocenters. The van der Waals surface area contributed by atoms with Gasteiger partial charge in [-0.3, -0.25) is 4.79 Å². The molecule has 16 heavy (non-hydrogen) atoms. The van der Waals surface area contributed by atoms with Crippen molar-refractivity contribution in [1.29, 1.82) is 0 Å². The minimum absolute atomic E-state index is 0.187. The van der Waals surface area contributed by atoms with Crippen LogP contribution in [0, 0.1) is 0 Å². The zero-order valence-electron chi connectivity index (χ0n) is 9.49. The average molecular weight is 220 g/mol. The second-order valence-corrected chi connectivity index (χ2v) is 4.00. The van der Waals surface area contributed by atoms with Crippen LogP contribution in [0.5, 0.6) is 0 Å². The number of hydrogen-bond acceptors (Lipinski definition) is 3. The van der Waals surface area contributed by atoms with Crippen molar-refractivity contribution in [2.24, 2.45) is 0 Å². The number of hydrogen-bond donors (Lipinski definition) is 0. The second-order valence-electron chi connectivity index (χ2n) is 4.00. The van der Waals surface area contributed by atoms with Gasteiger partial charge in [-0.2, -0.15) is 0 Å². The first-order valence-corrected chi connectivity index (χ1v) is 5.53. The fourth-order valence-electron chi connectivity index (χ4n) is 1.87. The first-order chi connectivity index (χ1) is 7.81. The summed E-state index contributed by atoms with van der Waals surface area (Å²) in [6, 6.07) is 5.84. The van der Waals surface area contributed by atoms with E-state index in [0.29, 0.717) is 26.2 Å². The van der Waals surface area contributed by atoms with Crippen LogP contribution in [0.15, 0.2) is 18.2 Å². The molecular formula is C13H16O3. The van der Waals surface area contributed by atoms with Crippen molar-refractivity contribution in [2.75, 3.05) is 13.7 Å². The first-order valence-electron chi connectivity index (χ1n) is 5.53. The van der Waals surface area contributed by atoms with E-state index in [1.54, 1.807) is 7.11 Å². The molecule has 3 heteroatoms. The molecule has 2 rings (SSSR count). The number of ketones is 1. The maximum absolute atomic E-state index is 11.8. The molecular weight excluding hydrogens is 204 g/mol. The van der Waals surface area contributed by atoms with Gasteiger partial charge >= 0.3 is 0 Å². The SMILES string of the molecule is COCCCC(=O)c1ccc2c(c1)COC2. The number of ether oxygens (including phenoxy) is 2. The molecule has 1 aromatic carbocycles. The fourth-order valence-corrected chi connectivity index (χ4v) is 1.87. The van der Waals surface area contributed by atoms with Gasteiger partial charge in [-0.15, -0.1) is 0 Å². The number of fused-ring (bicyclic) bond motifs is 1. The van der Waals surface area contributed by atoms with E-state index in [-0.39, 0.29) is 5.78 Å². The molecule has 0 aromatic heterocycles. The Morgan fingerprint density at radius 3 is 3.00 bits per heavy atom. The molecule has 0 bridgehead atoms. The van der Waals surface area contributed by atoms with Gasteiger partial charge in [0.1, 0.15) is 0 Å². The molecule has 0 N–H and O–H groups in total. The third-order valence-corrected chi connectivity index (χ3v) is 2.80. The van der Waals surface area contributed by atoms with Gasteiger partial charge in [-0.25, -0.2) is 0 Å². The predicted molar refractivity (Wildman–Crippen MR) is 60.4 cm³/mol. The van der Waals surface area contributed by atoms with E-state index in [1.165, 1.54) is 5.56 Å². The zero-order valence-corrected chi connectivity index (χ0v) is 9.49. The summed E-state index contributed by atoms with van der Waals surface area (Å²) in [5.74, 6) is 0.187. The molecule has 0 amide bonds. The maximum atomic E-state index is 11.8. The van der Waals surface area contributed by atoms with Crippen molar-refractivity contribution in [3.63, 3.8) is 0 Å². The van der Waals surface area contributed by atoms with Gasteiger partial charge < -0.3 is 9.47 Å². The average Bonchev–Trinajstić information content (AvgIpc) is 2.76. The van der Waals surface area contributed by atoms with Crippen molar-refractivity contribution >= 4 is 5.78 Å². The van der Waals surface area contributed by atoms with Crippen LogP contribution in [0.3, 0.4) is 0 Å². The van der Waals surface area contributed by atoms with Gasteiger partial charge in [-0.1, -0.05) is 12.1 Å². The summed E-state index contributed by atoms with van der Waals surface area (Å²) < 4.78 is 10.2. The van der Waals surface area contributed by atoms with Crippen LogP contribution in [0.2, 0.25) is 0 Å². The van der Waals surface area contributed by atoms with Gasteiger partial charge in [0.15, 0.2) is 5.78 Å². The fraction of sp³-hybridized carbons (Fsp3) is 0.462. The number of methoxy groups -OCH3 is 1. The van der Waals surface area contributed by atoms with Crippen LogP contribution < -0.4 is 0 Å². The van der Waals surface area contributed by atoms with Crippen LogP contribution in [0.4, 0.5) is 0 Å². The minimum Gasteiger partial charge on any atom is -0.385 e. The van der Waals surface area contributed by atoms with E-state index in [0.717, 1.165) is 17.5 Å². The Hall–Kier alpha value is -1.19. The van der Waals surface area contributed by atoms with Crippen molar-refractivity contribution in [2.45, 2.75) is 26.1 Å². The summed E-state index contributed by atoms with van der Waals surface area (Å²) in [6.07, 6.45) is 1.33. The third-order valence-electron chi connectivity index (χ3n) is 2.80. The Morgan fingerprint density at radius 1 is 1.38 bits per heavy atom. The molecule has 86 valence electrons. The van der Waals surface area contributed by atoms with E-state index in [4.69, 9.17) is 9.47 Å². The van der Waals surface area contributed by atoms with Crippen LogP contribution in [0.1, 0.15) is 34.3 Å². The Labute approximate surface area is 95.4 Å². The summed E-state index contributed by atoms with van der Waals surface area (Å²) in [5, 5.41) is 0. The molecule has 0 spiro atoms. The van der Waals surface area contributed by atoms with E-state index in [9.17, 15) is 4.79 Å². The van der Waals surface area contributed by atoms with Gasteiger partial charge in [0, 0.05) is 25.7 Å². The highest BCUT2D eigenvalue weighted by Gasteiger charge is 2.13. The van der Waals surface area contributed by atoms with Crippen LogP contribution in [0.25, 0.3) is 0 Å². The van der Waals surface area contributed by atoms with E-state index in [2.05, 4.69) is 0 Å². The van der Waals surface area contributed by atoms with Crippen molar-refractivity contribution in [3.8, 4) is 0 Å². The second kappa shape index (κ2) is 5.23. The highest BCUT2D eigenvalue weighted by molar-refractivity contribution is 5.96.